The molecule has 1 aromatic carbocycles. The molecule has 2 N–H and O–H groups in total. The van der Waals surface area contributed by atoms with Crippen molar-refractivity contribution in [3.63, 3.8) is 0 Å². The Morgan fingerprint density at radius 1 is 1.20 bits per heavy atom. The molecule has 1 aliphatic heterocycles. The van der Waals surface area contributed by atoms with E-state index in [1.54, 1.807) is 0 Å². The average molecular weight is 537 g/mol. The van der Waals surface area contributed by atoms with E-state index in [4.69, 9.17) is 9.52 Å². The Hall–Kier alpha value is -2.07. The molecule has 0 aliphatic carbocycles. The van der Waals surface area contributed by atoms with E-state index in [0.717, 1.165) is 55.5 Å². The standard InChI is InChI=1S/C22H27N5OS.HI/c1-2-23-22(25-18-10-12-27(13-11-18)21-9-6-14-29-21)24-16-19-15-20(28-26-19)17-7-4-3-5-8-17;/h3-9,14-15,18H,2,10-13,16H2,1H3,(H2,23,24,25);1H. The molecule has 0 unspecified atom stereocenters. The largest absolute Gasteiger partial charge is 0.363 e. The van der Waals surface area contributed by atoms with E-state index in [9.17, 15) is 0 Å². The zero-order valence-electron chi connectivity index (χ0n) is 17.1. The molecule has 3 heterocycles. The van der Waals surface area contributed by atoms with Crippen LogP contribution in [0.5, 0.6) is 0 Å². The second-order valence-corrected chi connectivity index (χ2v) is 8.03. The summed E-state index contributed by atoms with van der Waals surface area (Å²) in [6.07, 6.45) is 2.20. The SMILES string of the molecule is CCNC(=NCc1cc(-c2ccccc2)on1)NC1CCN(c2cccs2)CC1.I. The summed E-state index contributed by atoms with van der Waals surface area (Å²) in [6.45, 7) is 5.54. The van der Waals surface area contributed by atoms with Gasteiger partial charge in [-0.05, 0) is 37.3 Å². The van der Waals surface area contributed by atoms with Gasteiger partial charge in [-0.25, -0.2) is 4.99 Å². The Balaban J connectivity index is 0.00000256. The first-order valence-corrected chi connectivity index (χ1v) is 11.0. The number of aromatic nitrogens is 1. The molecule has 30 heavy (non-hydrogen) atoms. The van der Waals surface area contributed by atoms with Crippen LogP contribution in [-0.4, -0.2) is 36.8 Å². The monoisotopic (exact) mass is 537 g/mol. The topological polar surface area (TPSA) is 65.7 Å². The molecule has 0 radical (unpaired) electrons. The minimum atomic E-state index is 0. The van der Waals surface area contributed by atoms with E-state index in [1.807, 2.05) is 47.7 Å². The Kier molecular flexibility index (Phi) is 8.56. The van der Waals surface area contributed by atoms with Gasteiger partial charge < -0.3 is 20.1 Å². The van der Waals surface area contributed by atoms with Crippen molar-refractivity contribution in [1.82, 2.24) is 15.8 Å². The third kappa shape index (κ3) is 5.98. The molecule has 1 saturated heterocycles. The van der Waals surface area contributed by atoms with Crippen LogP contribution in [0.3, 0.4) is 0 Å². The normalized spacial score (nSPS) is 15.0. The van der Waals surface area contributed by atoms with Crippen molar-refractivity contribution in [3.8, 4) is 11.3 Å². The maximum absolute atomic E-state index is 5.48. The lowest BCUT2D eigenvalue weighted by molar-refractivity contribution is 0.423. The number of piperidine rings is 1. The van der Waals surface area contributed by atoms with Gasteiger partial charge in [-0.2, -0.15) is 0 Å². The second kappa shape index (κ2) is 11.4. The van der Waals surface area contributed by atoms with Crippen LogP contribution in [0.2, 0.25) is 0 Å². The van der Waals surface area contributed by atoms with Crippen LogP contribution < -0.4 is 15.5 Å². The molecule has 0 atom stereocenters. The Morgan fingerprint density at radius 2 is 2.00 bits per heavy atom. The fourth-order valence-electron chi connectivity index (χ4n) is 3.49. The zero-order chi connectivity index (χ0) is 19.9. The number of benzene rings is 1. The summed E-state index contributed by atoms with van der Waals surface area (Å²) in [7, 11) is 0. The number of anilines is 1. The van der Waals surface area contributed by atoms with Gasteiger partial charge in [0.25, 0.3) is 0 Å². The molecule has 2 aromatic heterocycles. The predicted octanol–water partition coefficient (Wildman–Crippen LogP) is 4.75. The molecule has 0 spiro atoms. The Bertz CT molecular complexity index is 905. The number of hydrogen-bond donors (Lipinski definition) is 2. The average Bonchev–Trinajstić information content (AvgIpc) is 3.46. The highest BCUT2D eigenvalue weighted by Gasteiger charge is 2.20. The number of hydrogen-bond acceptors (Lipinski definition) is 5. The van der Waals surface area contributed by atoms with E-state index in [2.05, 4.69) is 45.1 Å². The van der Waals surface area contributed by atoms with Crippen LogP contribution in [0.1, 0.15) is 25.5 Å². The van der Waals surface area contributed by atoms with Gasteiger partial charge in [-0.15, -0.1) is 35.3 Å². The smallest absolute Gasteiger partial charge is 0.191 e. The van der Waals surface area contributed by atoms with E-state index in [-0.39, 0.29) is 24.0 Å². The van der Waals surface area contributed by atoms with Gasteiger partial charge in [0, 0.05) is 37.3 Å². The summed E-state index contributed by atoms with van der Waals surface area (Å²) in [5.74, 6) is 1.61. The van der Waals surface area contributed by atoms with Crippen LogP contribution in [0, 0.1) is 0 Å². The maximum atomic E-state index is 5.48. The lowest BCUT2D eigenvalue weighted by atomic mass is 10.1. The van der Waals surface area contributed by atoms with Gasteiger partial charge in [-0.3, -0.25) is 0 Å². The fraction of sp³-hybridized carbons (Fsp3) is 0.364. The number of guanidine groups is 1. The summed E-state index contributed by atoms with van der Waals surface area (Å²) >= 11 is 1.81. The zero-order valence-corrected chi connectivity index (χ0v) is 20.2. The molecule has 0 bridgehead atoms. The summed E-state index contributed by atoms with van der Waals surface area (Å²) in [4.78, 5) is 7.18. The third-order valence-electron chi connectivity index (χ3n) is 5.01. The summed E-state index contributed by atoms with van der Waals surface area (Å²) in [6, 6.07) is 16.7. The van der Waals surface area contributed by atoms with Gasteiger partial charge in [0.1, 0.15) is 5.69 Å². The van der Waals surface area contributed by atoms with Crippen LogP contribution >= 0.6 is 35.3 Å². The van der Waals surface area contributed by atoms with E-state index < -0.39 is 0 Å². The third-order valence-corrected chi connectivity index (χ3v) is 5.94. The number of halogens is 1. The predicted molar refractivity (Wildman–Crippen MR) is 135 cm³/mol. The number of rotatable bonds is 6. The number of nitrogens with one attached hydrogen (secondary N) is 2. The van der Waals surface area contributed by atoms with Crippen molar-refractivity contribution in [1.29, 1.82) is 0 Å². The molecule has 1 fully saturated rings. The fourth-order valence-corrected chi connectivity index (χ4v) is 4.28. The Morgan fingerprint density at radius 3 is 2.70 bits per heavy atom. The number of nitrogens with zero attached hydrogens (tertiary/aromatic N) is 3. The highest BCUT2D eigenvalue weighted by Crippen LogP contribution is 2.25. The minimum absolute atomic E-state index is 0. The van der Waals surface area contributed by atoms with E-state index in [1.165, 1.54) is 5.00 Å². The van der Waals surface area contributed by atoms with Crippen LogP contribution in [-0.2, 0) is 6.54 Å². The van der Waals surface area contributed by atoms with Crippen molar-refractivity contribution in [2.75, 3.05) is 24.5 Å². The van der Waals surface area contributed by atoms with Crippen molar-refractivity contribution in [2.24, 2.45) is 4.99 Å². The van der Waals surface area contributed by atoms with Gasteiger partial charge in [0.2, 0.25) is 0 Å². The molecule has 0 amide bonds. The van der Waals surface area contributed by atoms with Crippen molar-refractivity contribution < 1.29 is 4.52 Å². The van der Waals surface area contributed by atoms with Crippen LogP contribution in [0.25, 0.3) is 11.3 Å². The number of thiophene rings is 1. The van der Waals surface area contributed by atoms with Gasteiger partial charge in [-0.1, -0.05) is 35.5 Å². The Labute approximate surface area is 198 Å². The van der Waals surface area contributed by atoms with E-state index >= 15 is 0 Å². The lowest BCUT2D eigenvalue weighted by Gasteiger charge is -2.33. The van der Waals surface area contributed by atoms with Crippen LogP contribution in [0.15, 0.2) is 63.4 Å². The number of aliphatic imine (C=N–C) groups is 1. The highest BCUT2D eigenvalue weighted by molar-refractivity contribution is 14.0. The van der Waals surface area contributed by atoms with E-state index in [0.29, 0.717) is 12.6 Å². The molecule has 4 rings (SSSR count). The summed E-state index contributed by atoms with van der Waals surface area (Å²) in [5, 5.41) is 14.6. The lowest BCUT2D eigenvalue weighted by Crippen LogP contribution is -2.48. The maximum Gasteiger partial charge on any atom is 0.191 e. The summed E-state index contributed by atoms with van der Waals surface area (Å²) in [5.41, 5.74) is 1.85. The van der Waals surface area contributed by atoms with Crippen molar-refractivity contribution >= 4 is 46.3 Å². The quantitative estimate of drug-likeness (QED) is 0.270. The molecular weight excluding hydrogens is 509 g/mol. The van der Waals surface area contributed by atoms with Crippen molar-refractivity contribution in [3.05, 3.63) is 59.6 Å². The van der Waals surface area contributed by atoms with Gasteiger partial charge in [0.15, 0.2) is 11.7 Å². The minimum Gasteiger partial charge on any atom is -0.363 e. The molecule has 160 valence electrons. The first-order valence-electron chi connectivity index (χ1n) is 10.2. The molecule has 3 aromatic rings. The molecule has 1 aliphatic rings. The second-order valence-electron chi connectivity index (χ2n) is 7.10. The first kappa shape index (κ1) is 22.6. The molecule has 6 nitrogen and oxygen atoms in total. The highest BCUT2D eigenvalue weighted by atomic mass is 127. The molecule has 0 saturated carbocycles. The summed E-state index contributed by atoms with van der Waals surface area (Å²) < 4.78 is 5.48. The van der Waals surface area contributed by atoms with Gasteiger partial charge >= 0.3 is 0 Å². The first-order chi connectivity index (χ1) is 14.3. The van der Waals surface area contributed by atoms with Crippen molar-refractivity contribution in [2.45, 2.75) is 32.4 Å². The van der Waals surface area contributed by atoms with Gasteiger partial charge in [0.05, 0.1) is 11.5 Å². The molecule has 8 heteroatoms. The molecular formula is C22H28IN5OS. The van der Waals surface area contributed by atoms with Crippen LogP contribution in [0.4, 0.5) is 5.00 Å².